The van der Waals surface area contributed by atoms with Crippen molar-refractivity contribution in [3.8, 4) is 5.75 Å². The van der Waals surface area contributed by atoms with Crippen LogP contribution in [0.3, 0.4) is 0 Å². The van der Waals surface area contributed by atoms with E-state index in [1.807, 2.05) is 0 Å². The van der Waals surface area contributed by atoms with Crippen LogP contribution in [0.1, 0.15) is 10.4 Å². The zero-order chi connectivity index (χ0) is 12.3. The third-order valence-corrected chi connectivity index (χ3v) is 2.12. The van der Waals surface area contributed by atoms with Gasteiger partial charge in [-0.3, -0.25) is 14.9 Å². The number of nitro groups is 1. The van der Waals surface area contributed by atoms with Crippen molar-refractivity contribution >= 4 is 29.4 Å². The van der Waals surface area contributed by atoms with E-state index >= 15 is 0 Å². The van der Waals surface area contributed by atoms with E-state index in [9.17, 15) is 19.2 Å². The van der Waals surface area contributed by atoms with Gasteiger partial charge in [0.05, 0.1) is 12.6 Å². The van der Waals surface area contributed by atoms with Gasteiger partial charge in [0.25, 0.3) is 5.24 Å². The van der Waals surface area contributed by atoms with Crippen LogP contribution >= 0.6 is 11.6 Å². The molecule has 0 N–H and O–H groups in total. The fourth-order valence-corrected chi connectivity index (χ4v) is 1.26. The summed E-state index contributed by atoms with van der Waals surface area (Å²) in [5.74, 6) is -0.0873. The monoisotopic (exact) mass is 245 g/mol. The van der Waals surface area contributed by atoms with Crippen molar-refractivity contribution in [3.05, 3.63) is 33.9 Å². The summed E-state index contributed by atoms with van der Waals surface area (Å²) in [6.45, 7) is 0. The van der Waals surface area contributed by atoms with E-state index in [-0.39, 0.29) is 16.8 Å². The van der Waals surface area contributed by atoms with Gasteiger partial charge in [-0.2, -0.15) is 0 Å². The highest BCUT2D eigenvalue weighted by Crippen LogP contribution is 2.14. The molecule has 5 nitrogen and oxygen atoms in total. The summed E-state index contributed by atoms with van der Waals surface area (Å²) in [5.41, 5.74) is -0.174. The van der Waals surface area contributed by atoms with Gasteiger partial charge in [-0.15, -0.1) is 0 Å². The Kier molecular flexibility index (Phi) is 3.84. The van der Waals surface area contributed by atoms with E-state index in [1.54, 1.807) is 0 Å². The zero-order valence-electron chi connectivity index (χ0n) is 8.15. The molecule has 1 aromatic rings. The van der Waals surface area contributed by atoms with Crippen LogP contribution in [0.25, 0.3) is 0 Å². The minimum Gasteiger partial charge on any atom is -0.497 e. The predicted molar refractivity (Wildman–Crippen MR) is 56.7 cm³/mol. The zero-order valence-corrected chi connectivity index (χ0v) is 8.90. The summed E-state index contributed by atoms with van der Waals surface area (Å²) < 4.78 is 17.9. The number of hydrogen-bond donors (Lipinski definition) is 0. The number of benzene rings is 1. The smallest absolute Gasteiger partial charge is 0.497 e. The molecule has 0 amide bonds. The molecule has 8 heteroatoms. The Labute approximate surface area is 95.5 Å². The summed E-state index contributed by atoms with van der Waals surface area (Å²) in [6.07, 6.45) is 0. The Bertz CT molecular complexity index is 442. The lowest BCUT2D eigenvalue weighted by Crippen LogP contribution is -2.35. The van der Waals surface area contributed by atoms with Crippen LogP contribution in [0.15, 0.2) is 18.2 Å². The molecule has 0 radical (unpaired) electrons. The van der Waals surface area contributed by atoms with E-state index in [4.69, 9.17) is 16.3 Å². The summed E-state index contributed by atoms with van der Waals surface area (Å²) >= 11 is 5.20. The maximum absolute atomic E-state index is 13.1. The normalized spacial score (nSPS) is 9.69. The van der Waals surface area contributed by atoms with Crippen molar-refractivity contribution in [2.24, 2.45) is 0 Å². The molecule has 1 rings (SSSR count). The van der Waals surface area contributed by atoms with Gasteiger partial charge < -0.3 is 4.74 Å². The first-order chi connectivity index (χ1) is 7.47. The van der Waals surface area contributed by atoms with Gasteiger partial charge in [-0.25, -0.2) is 4.32 Å². The second-order valence-corrected chi connectivity index (χ2v) is 3.19. The SMILES string of the molecule is COc1cc(C(=O)Cl)ccc1B(F)[N+](=O)[O-]. The number of hydrogen-bond acceptors (Lipinski definition) is 4. The molecule has 84 valence electrons. The van der Waals surface area contributed by atoms with Gasteiger partial charge in [0, 0.05) is 5.56 Å². The molecule has 0 aliphatic heterocycles. The predicted octanol–water partition coefficient (Wildman–Crippen LogP) is 1.02. The third kappa shape index (κ3) is 2.49. The molecule has 0 atom stereocenters. The lowest BCUT2D eigenvalue weighted by molar-refractivity contribution is -0.338. The average Bonchev–Trinajstić information content (AvgIpc) is 2.26. The molecule has 0 bridgehead atoms. The Balaban J connectivity index is 3.21. The van der Waals surface area contributed by atoms with Crippen LogP contribution in [0, 0.1) is 10.1 Å². The minimum absolute atomic E-state index is 0.0813. The lowest BCUT2D eigenvalue weighted by atomic mass is 9.77. The number of halogens is 2. The van der Waals surface area contributed by atoms with Crippen LogP contribution in [0.4, 0.5) is 4.32 Å². The second kappa shape index (κ2) is 4.93. The first-order valence-electron chi connectivity index (χ1n) is 4.12. The van der Waals surface area contributed by atoms with E-state index in [1.165, 1.54) is 13.2 Å². The number of methoxy groups -OCH3 is 1. The molecule has 0 saturated heterocycles. The van der Waals surface area contributed by atoms with Crippen molar-refractivity contribution in [2.75, 3.05) is 7.11 Å². The summed E-state index contributed by atoms with van der Waals surface area (Å²) in [6, 6.07) is 3.45. The van der Waals surface area contributed by atoms with Gasteiger partial charge in [0.1, 0.15) is 5.75 Å². The number of carbonyl (C=O) groups excluding carboxylic acids is 1. The van der Waals surface area contributed by atoms with Crippen molar-refractivity contribution in [2.45, 2.75) is 0 Å². The molecular formula is C8H6BClFNO4. The fourth-order valence-electron chi connectivity index (χ4n) is 1.14. The van der Waals surface area contributed by atoms with E-state index in [0.717, 1.165) is 12.1 Å². The van der Waals surface area contributed by atoms with Gasteiger partial charge in [0.2, 0.25) is 0 Å². The van der Waals surface area contributed by atoms with Crippen LogP contribution < -0.4 is 10.2 Å². The van der Waals surface area contributed by atoms with Crippen LogP contribution in [0.2, 0.25) is 0 Å². The molecule has 0 aromatic heterocycles. The molecule has 0 spiro atoms. The number of nitrogens with zero attached hydrogens (tertiary/aromatic N) is 1. The highest BCUT2D eigenvalue weighted by molar-refractivity contribution is 6.68. The molecule has 0 aliphatic carbocycles. The maximum atomic E-state index is 13.1. The number of rotatable bonds is 4. The molecule has 1 aromatic carbocycles. The van der Waals surface area contributed by atoms with E-state index < -0.39 is 17.2 Å². The largest absolute Gasteiger partial charge is 0.793 e. The molecule has 0 unspecified atom stereocenters. The van der Waals surface area contributed by atoms with Gasteiger partial charge >= 0.3 is 7.12 Å². The Morgan fingerprint density at radius 2 is 2.25 bits per heavy atom. The maximum Gasteiger partial charge on any atom is 0.793 e. The molecule has 0 fully saturated rings. The topological polar surface area (TPSA) is 69.4 Å². The second-order valence-electron chi connectivity index (χ2n) is 2.85. The van der Waals surface area contributed by atoms with Gasteiger partial charge in [0.15, 0.2) is 0 Å². The van der Waals surface area contributed by atoms with E-state index in [2.05, 4.69) is 0 Å². The Hall–Kier alpha value is -1.63. The van der Waals surface area contributed by atoms with Gasteiger partial charge in [-0.1, -0.05) is 6.07 Å². The molecule has 0 saturated carbocycles. The lowest BCUT2D eigenvalue weighted by Gasteiger charge is -2.05. The van der Waals surface area contributed by atoms with Crippen LogP contribution in [-0.2, 0) is 0 Å². The van der Waals surface area contributed by atoms with Crippen LogP contribution in [0.5, 0.6) is 5.75 Å². The standard InChI is InChI=1S/C8H6BClFNO4/c1-16-7-4-5(8(10)13)2-3-6(7)9(11)12(14)15/h2-4H,1H3. The summed E-state index contributed by atoms with van der Waals surface area (Å²) in [4.78, 5) is 20.0. The van der Waals surface area contributed by atoms with Gasteiger partial charge in [-0.05, 0) is 28.6 Å². The quantitative estimate of drug-likeness (QED) is 0.344. The first-order valence-corrected chi connectivity index (χ1v) is 4.50. The third-order valence-electron chi connectivity index (χ3n) is 1.90. The fraction of sp³-hybridized carbons (Fsp3) is 0.125. The van der Waals surface area contributed by atoms with Crippen LogP contribution in [-0.4, -0.2) is 24.3 Å². The molecule has 16 heavy (non-hydrogen) atoms. The van der Waals surface area contributed by atoms with E-state index in [0.29, 0.717) is 0 Å². The van der Waals surface area contributed by atoms with Crippen molar-refractivity contribution in [3.63, 3.8) is 0 Å². The van der Waals surface area contributed by atoms with Crippen molar-refractivity contribution < 1.29 is 18.7 Å². The summed E-state index contributed by atoms with van der Waals surface area (Å²) in [5, 5.41) is 9.52. The highest BCUT2D eigenvalue weighted by atomic mass is 35.5. The average molecular weight is 245 g/mol. The Morgan fingerprint density at radius 3 is 2.69 bits per heavy atom. The summed E-state index contributed by atoms with van der Waals surface area (Å²) in [7, 11) is -1.18. The first kappa shape index (κ1) is 12.4. The molecule has 0 heterocycles. The highest BCUT2D eigenvalue weighted by Gasteiger charge is 2.39. The molecule has 0 aliphatic rings. The minimum atomic E-state index is -2.39. The number of carbonyl (C=O) groups is 1. The number of ether oxygens (including phenoxy) is 1. The van der Waals surface area contributed by atoms with Crippen molar-refractivity contribution in [1.29, 1.82) is 0 Å². The van der Waals surface area contributed by atoms with Crippen molar-refractivity contribution in [1.82, 2.24) is 0 Å². The Morgan fingerprint density at radius 1 is 1.62 bits per heavy atom. The molecular weight excluding hydrogens is 239 g/mol.